The average molecular weight is 439 g/mol. The van der Waals surface area contributed by atoms with E-state index in [2.05, 4.69) is 10.4 Å². The fourth-order valence-electron chi connectivity index (χ4n) is 2.81. The summed E-state index contributed by atoms with van der Waals surface area (Å²) in [7, 11) is 0. The van der Waals surface area contributed by atoms with E-state index in [-0.39, 0.29) is 17.9 Å². The maximum absolute atomic E-state index is 13.7. The SMILES string of the molecule is O=C(NCCc1cccc(Cl)c1)c1cnn(-c2ccc([N+](=O)[O-])cc2)c1C(F)(F)F. The van der Waals surface area contributed by atoms with Crippen molar-refractivity contribution < 1.29 is 22.9 Å². The molecule has 0 fully saturated rings. The molecule has 0 saturated heterocycles. The zero-order chi connectivity index (χ0) is 21.9. The van der Waals surface area contributed by atoms with Crippen molar-refractivity contribution in [2.45, 2.75) is 12.6 Å². The minimum absolute atomic E-state index is 0.0640. The quantitative estimate of drug-likeness (QED) is 0.455. The van der Waals surface area contributed by atoms with Gasteiger partial charge in [-0.05, 0) is 36.2 Å². The first-order chi connectivity index (χ1) is 14.2. The fraction of sp³-hybridized carbons (Fsp3) is 0.158. The number of carbonyl (C=O) groups excluding carboxylic acids is 1. The predicted molar refractivity (Wildman–Crippen MR) is 103 cm³/mol. The molecular formula is C19H14ClF3N4O3. The van der Waals surface area contributed by atoms with Gasteiger partial charge in [0.05, 0.1) is 22.4 Å². The van der Waals surface area contributed by atoms with Crippen LogP contribution in [0.1, 0.15) is 21.6 Å². The number of benzene rings is 2. The summed E-state index contributed by atoms with van der Waals surface area (Å²) in [6.45, 7) is 0.0964. The van der Waals surface area contributed by atoms with Crippen molar-refractivity contribution in [2.24, 2.45) is 0 Å². The molecule has 0 spiro atoms. The Morgan fingerprint density at radius 2 is 1.90 bits per heavy atom. The highest BCUT2D eigenvalue weighted by molar-refractivity contribution is 6.30. The number of nitro benzene ring substituents is 1. The molecule has 30 heavy (non-hydrogen) atoms. The van der Waals surface area contributed by atoms with E-state index in [1.54, 1.807) is 24.3 Å². The molecule has 1 heterocycles. The molecule has 0 aliphatic heterocycles. The number of hydrogen-bond acceptors (Lipinski definition) is 4. The maximum Gasteiger partial charge on any atom is 0.434 e. The molecule has 0 aliphatic rings. The average Bonchev–Trinajstić information content (AvgIpc) is 3.14. The lowest BCUT2D eigenvalue weighted by Gasteiger charge is -2.13. The van der Waals surface area contributed by atoms with Gasteiger partial charge in [-0.15, -0.1) is 0 Å². The zero-order valence-corrected chi connectivity index (χ0v) is 15.9. The lowest BCUT2D eigenvalue weighted by molar-refractivity contribution is -0.384. The molecule has 0 radical (unpaired) electrons. The molecule has 0 atom stereocenters. The van der Waals surface area contributed by atoms with Gasteiger partial charge in [-0.3, -0.25) is 14.9 Å². The van der Waals surface area contributed by atoms with Crippen LogP contribution >= 0.6 is 11.6 Å². The van der Waals surface area contributed by atoms with E-state index in [4.69, 9.17) is 11.6 Å². The lowest BCUT2D eigenvalue weighted by atomic mass is 10.1. The van der Waals surface area contributed by atoms with Crippen LogP contribution in [0.25, 0.3) is 5.69 Å². The molecule has 2 aromatic carbocycles. The van der Waals surface area contributed by atoms with Crippen molar-refractivity contribution in [3.63, 3.8) is 0 Å². The number of nitro groups is 1. The molecule has 1 N–H and O–H groups in total. The lowest BCUT2D eigenvalue weighted by Crippen LogP contribution is -2.28. The number of nitrogens with one attached hydrogen (secondary N) is 1. The number of nitrogens with zero attached hydrogens (tertiary/aromatic N) is 3. The Labute approximate surface area is 173 Å². The van der Waals surface area contributed by atoms with Crippen LogP contribution < -0.4 is 5.32 Å². The molecule has 0 saturated carbocycles. The topological polar surface area (TPSA) is 90.1 Å². The second kappa shape index (κ2) is 8.54. The number of aromatic nitrogens is 2. The molecule has 0 aliphatic carbocycles. The van der Waals surface area contributed by atoms with Crippen molar-refractivity contribution in [1.82, 2.24) is 15.1 Å². The third kappa shape index (κ3) is 4.77. The summed E-state index contributed by atoms with van der Waals surface area (Å²) in [4.78, 5) is 22.4. The maximum atomic E-state index is 13.7. The van der Waals surface area contributed by atoms with Crippen LogP contribution in [0.4, 0.5) is 18.9 Å². The molecule has 1 amide bonds. The minimum Gasteiger partial charge on any atom is -0.352 e. The van der Waals surface area contributed by atoms with Crippen LogP contribution in [0.5, 0.6) is 0 Å². The van der Waals surface area contributed by atoms with Crippen molar-refractivity contribution in [3.8, 4) is 5.69 Å². The minimum atomic E-state index is -4.88. The molecule has 1 aromatic heterocycles. The molecule has 3 aromatic rings. The second-order valence-corrected chi connectivity index (χ2v) is 6.66. The molecule has 0 bridgehead atoms. The normalized spacial score (nSPS) is 11.3. The highest BCUT2D eigenvalue weighted by Crippen LogP contribution is 2.34. The van der Waals surface area contributed by atoms with Gasteiger partial charge in [0.15, 0.2) is 5.69 Å². The summed E-state index contributed by atoms with van der Waals surface area (Å²) in [6.07, 6.45) is -3.68. The first-order valence-corrected chi connectivity index (χ1v) is 8.97. The summed E-state index contributed by atoms with van der Waals surface area (Å²) in [5.74, 6) is -0.933. The van der Waals surface area contributed by atoms with Crippen molar-refractivity contribution in [1.29, 1.82) is 0 Å². The van der Waals surface area contributed by atoms with E-state index < -0.39 is 28.3 Å². The van der Waals surface area contributed by atoms with Crippen LogP contribution in [0, 0.1) is 10.1 Å². The van der Waals surface area contributed by atoms with Gasteiger partial charge in [0, 0.05) is 23.7 Å². The summed E-state index contributed by atoms with van der Waals surface area (Å²) in [6, 6.07) is 11.3. The number of halogens is 4. The van der Waals surface area contributed by atoms with E-state index in [9.17, 15) is 28.1 Å². The Morgan fingerprint density at radius 1 is 1.20 bits per heavy atom. The van der Waals surface area contributed by atoms with Gasteiger partial charge in [-0.1, -0.05) is 23.7 Å². The monoisotopic (exact) mass is 438 g/mol. The Hall–Kier alpha value is -3.40. The van der Waals surface area contributed by atoms with E-state index in [0.717, 1.165) is 36.0 Å². The van der Waals surface area contributed by atoms with E-state index in [1.165, 1.54) is 0 Å². The van der Waals surface area contributed by atoms with Gasteiger partial charge < -0.3 is 5.32 Å². The van der Waals surface area contributed by atoms with Crippen molar-refractivity contribution in [2.75, 3.05) is 6.54 Å². The molecule has 11 heteroatoms. The first kappa shape index (κ1) is 21.3. The van der Waals surface area contributed by atoms with Gasteiger partial charge in [-0.25, -0.2) is 4.68 Å². The van der Waals surface area contributed by atoms with Crippen LogP contribution in [0.2, 0.25) is 5.02 Å². The van der Waals surface area contributed by atoms with E-state index >= 15 is 0 Å². The molecule has 0 unspecified atom stereocenters. The molecular weight excluding hydrogens is 425 g/mol. The largest absolute Gasteiger partial charge is 0.434 e. The van der Waals surface area contributed by atoms with Crippen LogP contribution in [-0.2, 0) is 12.6 Å². The van der Waals surface area contributed by atoms with Crippen molar-refractivity contribution in [3.05, 3.63) is 86.7 Å². The number of rotatable bonds is 6. The van der Waals surface area contributed by atoms with Crippen molar-refractivity contribution >= 4 is 23.2 Å². The third-order valence-corrected chi connectivity index (χ3v) is 4.41. The second-order valence-electron chi connectivity index (χ2n) is 6.23. The van der Waals surface area contributed by atoms with E-state index in [1.807, 2.05) is 0 Å². The standard InChI is InChI=1S/C19H14ClF3N4O3/c20-13-3-1-2-12(10-13)8-9-24-18(28)16-11-25-26(17(16)19(21,22)23)14-4-6-15(7-5-14)27(29)30/h1-7,10-11H,8-9H2,(H,24,28). The van der Waals surface area contributed by atoms with Gasteiger partial charge in [0.1, 0.15) is 0 Å². The number of alkyl halides is 3. The van der Waals surface area contributed by atoms with Gasteiger partial charge in [0.25, 0.3) is 11.6 Å². The smallest absolute Gasteiger partial charge is 0.352 e. The first-order valence-electron chi connectivity index (χ1n) is 8.59. The summed E-state index contributed by atoms with van der Waals surface area (Å²) in [5.41, 5.74) is -1.44. The number of carbonyl (C=O) groups is 1. The van der Waals surface area contributed by atoms with Crippen LogP contribution in [0.3, 0.4) is 0 Å². The molecule has 156 valence electrons. The van der Waals surface area contributed by atoms with Gasteiger partial charge >= 0.3 is 6.18 Å². The Balaban J connectivity index is 1.82. The zero-order valence-electron chi connectivity index (χ0n) is 15.2. The summed E-state index contributed by atoms with van der Waals surface area (Å²) < 4.78 is 41.5. The Morgan fingerprint density at radius 3 is 2.50 bits per heavy atom. The highest BCUT2D eigenvalue weighted by Gasteiger charge is 2.40. The highest BCUT2D eigenvalue weighted by atomic mass is 35.5. The Kier molecular flexibility index (Phi) is 6.06. The van der Waals surface area contributed by atoms with Crippen LogP contribution in [-0.4, -0.2) is 27.2 Å². The Bertz CT molecular complexity index is 1080. The number of hydrogen-bond donors (Lipinski definition) is 1. The van der Waals surface area contributed by atoms with Crippen LogP contribution in [0.15, 0.2) is 54.7 Å². The van der Waals surface area contributed by atoms with E-state index in [0.29, 0.717) is 16.1 Å². The molecule has 7 nitrogen and oxygen atoms in total. The summed E-state index contributed by atoms with van der Waals surface area (Å²) in [5, 5.41) is 17.4. The number of non-ortho nitro benzene ring substituents is 1. The third-order valence-electron chi connectivity index (χ3n) is 4.18. The summed E-state index contributed by atoms with van der Waals surface area (Å²) >= 11 is 5.88. The fourth-order valence-corrected chi connectivity index (χ4v) is 3.02. The number of amides is 1. The molecule has 3 rings (SSSR count). The van der Waals surface area contributed by atoms with Gasteiger partial charge in [-0.2, -0.15) is 18.3 Å². The predicted octanol–water partition coefficient (Wildman–Crippen LogP) is 4.43. The van der Waals surface area contributed by atoms with Gasteiger partial charge in [0.2, 0.25) is 0 Å².